The van der Waals surface area contributed by atoms with Crippen molar-refractivity contribution in [3.63, 3.8) is 0 Å². The van der Waals surface area contributed by atoms with Gasteiger partial charge in [0.05, 0.1) is 12.2 Å². The van der Waals surface area contributed by atoms with Gasteiger partial charge in [-0.1, -0.05) is 35.3 Å². The zero-order chi connectivity index (χ0) is 19.8. The molecule has 0 N–H and O–H groups in total. The minimum Gasteiger partial charge on any atom is -0.481 e. The van der Waals surface area contributed by atoms with E-state index in [1.807, 2.05) is 0 Å². The lowest BCUT2D eigenvalue weighted by molar-refractivity contribution is -0.635. The Morgan fingerprint density at radius 1 is 1.19 bits per heavy atom. The molecule has 0 aliphatic heterocycles. The topological polar surface area (TPSA) is 99.0 Å². The molecule has 9 heteroatoms. The number of carbonyl (C=O) groups is 2. The van der Waals surface area contributed by atoms with Crippen molar-refractivity contribution in [1.29, 1.82) is 0 Å². The van der Waals surface area contributed by atoms with Crippen LogP contribution >= 0.6 is 0 Å². The molecule has 0 saturated heterocycles. The first-order chi connectivity index (χ1) is 12.9. The van der Waals surface area contributed by atoms with Crippen molar-refractivity contribution in [3.8, 4) is 5.75 Å². The monoisotopic (exact) mass is 376 g/mol. The summed E-state index contributed by atoms with van der Waals surface area (Å²) in [6.45, 7) is 0.882. The fourth-order valence-corrected chi connectivity index (χ4v) is 2.23. The van der Waals surface area contributed by atoms with Crippen LogP contribution in [0.4, 0.5) is 4.39 Å². The van der Waals surface area contributed by atoms with Gasteiger partial charge in [-0.25, -0.2) is 19.3 Å². The van der Waals surface area contributed by atoms with Crippen LogP contribution in [0.3, 0.4) is 0 Å². The number of amides is 1. The molecule has 0 radical (unpaired) electrons. The van der Waals surface area contributed by atoms with Crippen LogP contribution in [0.2, 0.25) is 0 Å². The number of nitro groups is 1. The van der Waals surface area contributed by atoms with Crippen LogP contribution in [0.5, 0.6) is 5.75 Å². The minimum absolute atomic E-state index is 0.128. The predicted molar refractivity (Wildman–Crippen MR) is 91.8 cm³/mol. The van der Waals surface area contributed by atoms with Gasteiger partial charge in [0.15, 0.2) is 11.6 Å². The summed E-state index contributed by atoms with van der Waals surface area (Å²) in [5.74, 6) is -2.72. The molecule has 0 fully saturated rings. The Bertz CT molecular complexity index is 828. The van der Waals surface area contributed by atoms with Crippen molar-refractivity contribution in [2.24, 2.45) is 0 Å². The summed E-state index contributed by atoms with van der Waals surface area (Å²) in [5, 5.41) is 10.9. The molecule has 8 nitrogen and oxygen atoms in total. The van der Waals surface area contributed by atoms with E-state index < -0.39 is 29.3 Å². The highest BCUT2D eigenvalue weighted by molar-refractivity contribution is 5.96. The molecule has 0 aliphatic carbocycles. The zero-order valence-electron chi connectivity index (χ0n) is 14.5. The second-order valence-corrected chi connectivity index (χ2v) is 5.32. The van der Waals surface area contributed by atoms with E-state index in [2.05, 4.69) is 0 Å². The van der Waals surface area contributed by atoms with Crippen LogP contribution in [0, 0.1) is 15.9 Å². The van der Waals surface area contributed by atoms with Gasteiger partial charge in [0.1, 0.15) is 18.1 Å². The van der Waals surface area contributed by atoms with Gasteiger partial charge in [-0.3, -0.25) is 4.79 Å². The molecule has 2 aromatic carbocycles. The molecule has 0 unspecified atom stereocenters. The third-order valence-corrected chi connectivity index (χ3v) is 3.43. The number of nitrogens with zero attached hydrogens (tertiary/aromatic N) is 2. The van der Waals surface area contributed by atoms with Crippen LogP contribution in [-0.4, -0.2) is 35.1 Å². The standard InChI is InChI=1S/C18H17FN2O6/c1-2-26-17(22)12-27-16-10-14(19)8-9-15(16)18(23)20(21(24)25)11-13-6-4-3-5-7-13/h3-10H,2,11-12H2,1H3. The van der Waals surface area contributed by atoms with Crippen molar-refractivity contribution in [1.82, 2.24) is 5.01 Å². The molecule has 2 rings (SSSR count). The highest BCUT2D eigenvalue weighted by Crippen LogP contribution is 2.23. The summed E-state index contributed by atoms with van der Waals surface area (Å²) in [5.41, 5.74) is 0.298. The smallest absolute Gasteiger partial charge is 0.344 e. The summed E-state index contributed by atoms with van der Waals surface area (Å²) >= 11 is 0. The average molecular weight is 376 g/mol. The third kappa shape index (κ3) is 5.50. The van der Waals surface area contributed by atoms with E-state index in [1.54, 1.807) is 37.3 Å². The lowest BCUT2D eigenvalue weighted by atomic mass is 10.1. The Kier molecular flexibility index (Phi) is 6.81. The van der Waals surface area contributed by atoms with Crippen molar-refractivity contribution >= 4 is 11.9 Å². The van der Waals surface area contributed by atoms with Gasteiger partial charge < -0.3 is 9.47 Å². The Morgan fingerprint density at radius 3 is 2.52 bits per heavy atom. The van der Waals surface area contributed by atoms with E-state index in [0.717, 1.165) is 18.2 Å². The van der Waals surface area contributed by atoms with E-state index in [4.69, 9.17) is 9.47 Å². The number of hydrogen-bond donors (Lipinski definition) is 0. The summed E-state index contributed by atoms with van der Waals surface area (Å²) in [6, 6.07) is 11.3. The predicted octanol–water partition coefficient (Wildman–Crippen LogP) is 2.60. The maximum atomic E-state index is 13.5. The van der Waals surface area contributed by atoms with Crippen LogP contribution < -0.4 is 4.74 Å². The molecule has 0 saturated carbocycles. The zero-order valence-corrected chi connectivity index (χ0v) is 14.5. The van der Waals surface area contributed by atoms with E-state index >= 15 is 0 Å². The van der Waals surface area contributed by atoms with Gasteiger partial charge >= 0.3 is 11.9 Å². The Hall–Kier alpha value is -3.49. The quantitative estimate of drug-likeness (QED) is 0.399. The number of halogens is 1. The number of carbonyl (C=O) groups excluding carboxylic acids is 2. The number of benzene rings is 2. The Morgan fingerprint density at radius 2 is 1.89 bits per heavy atom. The lowest BCUT2D eigenvalue weighted by Gasteiger charge is -2.15. The van der Waals surface area contributed by atoms with Gasteiger partial charge in [0.2, 0.25) is 0 Å². The molecule has 0 spiro atoms. The highest BCUT2D eigenvalue weighted by atomic mass is 19.1. The molecule has 1 amide bonds. The number of hydrazine groups is 1. The van der Waals surface area contributed by atoms with Gasteiger partial charge in [0, 0.05) is 6.07 Å². The molecule has 142 valence electrons. The molecule has 2 aromatic rings. The lowest BCUT2D eigenvalue weighted by Crippen LogP contribution is -2.36. The van der Waals surface area contributed by atoms with Gasteiger partial charge in [-0.05, 0) is 24.6 Å². The second-order valence-electron chi connectivity index (χ2n) is 5.32. The van der Waals surface area contributed by atoms with E-state index in [0.29, 0.717) is 10.6 Å². The van der Waals surface area contributed by atoms with Gasteiger partial charge in [0.25, 0.3) is 0 Å². The van der Waals surface area contributed by atoms with E-state index in [1.165, 1.54) is 0 Å². The molecular weight excluding hydrogens is 359 g/mol. The van der Waals surface area contributed by atoms with Gasteiger partial charge in [-0.2, -0.15) is 0 Å². The normalized spacial score (nSPS) is 10.1. The highest BCUT2D eigenvalue weighted by Gasteiger charge is 2.29. The fourth-order valence-electron chi connectivity index (χ4n) is 2.23. The van der Waals surface area contributed by atoms with E-state index in [9.17, 15) is 24.1 Å². The fraction of sp³-hybridized carbons (Fsp3) is 0.222. The first-order valence-electron chi connectivity index (χ1n) is 8.00. The summed E-state index contributed by atoms with van der Waals surface area (Å²) in [4.78, 5) is 35.4. The number of ether oxygens (including phenoxy) is 2. The SMILES string of the molecule is CCOC(=O)COc1cc(F)ccc1C(=O)N(Cc1ccccc1)[N+](=O)[O-]. The number of esters is 1. The maximum absolute atomic E-state index is 13.5. The van der Waals surface area contributed by atoms with Gasteiger partial charge in [-0.15, -0.1) is 0 Å². The molecule has 0 heterocycles. The number of rotatable bonds is 8. The summed E-state index contributed by atoms with van der Waals surface area (Å²) in [6.07, 6.45) is 0. The van der Waals surface area contributed by atoms with Crippen LogP contribution in [0.25, 0.3) is 0 Å². The first kappa shape index (κ1) is 19.8. The van der Waals surface area contributed by atoms with E-state index in [-0.39, 0.29) is 24.5 Å². The summed E-state index contributed by atoms with van der Waals surface area (Å²) in [7, 11) is 0. The maximum Gasteiger partial charge on any atom is 0.344 e. The van der Waals surface area contributed by atoms with Crippen LogP contribution in [0.15, 0.2) is 48.5 Å². The van der Waals surface area contributed by atoms with Crippen molar-refractivity contribution in [3.05, 3.63) is 75.6 Å². The molecule has 0 bridgehead atoms. The van der Waals surface area contributed by atoms with Crippen molar-refractivity contribution < 1.29 is 28.5 Å². The van der Waals surface area contributed by atoms with Crippen LogP contribution in [0.1, 0.15) is 22.8 Å². The molecule has 0 atom stereocenters. The Labute approximate surface area is 154 Å². The largest absolute Gasteiger partial charge is 0.481 e. The molecule has 27 heavy (non-hydrogen) atoms. The average Bonchev–Trinajstić information content (AvgIpc) is 2.65. The minimum atomic E-state index is -0.997. The van der Waals surface area contributed by atoms with Crippen molar-refractivity contribution in [2.45, 2.75) is 13.5 Å². The molecule has 0 aromatic heterocycles. The van der Waals surface area contributed by atoms with Crippen molar-refractivity contribution in [2.75, 3.05) is 13.2 Å². The third-order valence-electron chi connectivity index (χ3n) is 3.43. The molecular formula is C18H17FN2O6. The van der Waals surface area contributed by atoms with Crippen LogP contribution in [-0.2, 0) is 16.1 Å². The Balaban J connectivity index is 2.26. The first-order valence-corrected chi connectivity index (χ1v) is 8.00. The summed E-state index contributed by atoms with van der Waals surface area (Å²) < 4.78 is 23.4. The number of hydrogen-bond acceptors (Lipinski definition) is 6. The molecule has 0 aliphatic rings. The second kappa shape index (κ2) is 9.27.